The predicted octanol–water partition coefficient (Wildman–Crippen LogP) is -2.34. The van der Waals surface area contributed by atoms with E-state index in [4.69, 9.17) is 15.0 Å². The SMILES string of the molecule is O=C([O-])[O-].S.[Fe+2]. The summed E-state index contributed by atoms with van der Waals surface area (Å²) in [6, 6.07) is 0. The maximum atomic E-state index is 8.33. The third-order valence-corrected chi connectivity index (χ3v) is 0. The molecular formula is CH2FeO3S. The summed E-state index contributed by atoms with van der Waals surface area (Å²) >= 11 is 0. The van der Waals surface area contributed by atoms with Crippen molar-refractivity contribution in [2.24, 2.45) is 0 Å². The number of carbonyl (C=O) groups excluding carboxylic acids is 1. The minimum absolute atomic E-state index is 0. The molecule has 0 radical (unpaired) electrons. The number of hydrogen-bond acceptors (Lipinski definition) is 3. The van der Waals surface area contributed by atoms with Gasteiger partial charge in [-0.05, 0) is 6.16 Å². The predicted molar refractivity (Wildman–Crippen MR) is 15.8 cm³/mol. The van der Waals surface area contributed by atoms with E-state index in [1.165, 1.54) is 0 Å². The molecule has 5 heteroatoms. The molecule has 0 heterocycles. The second kappa shape index (κ2) is 8.94. The van der Waals surface area contributed by atoms with E-state index in [0.29, 0.717) is 0 Å². The molecule has 38 valence electrons. The summed E-state index contributed by atoms with van der Waals surface area (Å²) in [5.74, 6) is 0. The molecule has 0 bridgehead atoms. The average Bonchev–Trinajstić information content (AvgIpc) is 0.811. The van der Waals surface area contributed by atoms with E-state index in [0.717, 1.165) is 0 Å². The molecule has 0 aliphatic carbocycles. The first-order valence-electron chi connectivity index (χ1n) is 0.612. The van der Waals surface area contributed by atoms with Crippen molar-refractivity contribution in [3.63, 3.8) is 0 Å². The molecule has 0 saturated heterocycles. The molecule has 0 aromatic heterocycles. The largest absolute Gasteiger partial charge is 2.00 e. The van der Waals surface area contributed by atoms with Gasteiger partial charge < -0.3 is 15.0 Å². The van der Waals surface area contributed by atoms with Gasteiger partial charge in [0.15, 0.2) is 0 Å². The summed E-state index contributed by atoms with van der Waals surface area (Å²) in [5.41, 5.74) is 0. The fourth-order valence-electron chi connectivity index (χ4n) is 0. The quantitative estimate of drug-likeness (QED) is 0.363. The van der Waals surface area contributed by atoms with E-state index in [9.17, 15) is 0 Å². The van der Waals surface area contributed by atoms with Crippen molar-refractivity contribution >= 4 is 19.7 Å². The Balaban J connectivity index is -0.0000000450. The van der Waals surface area contributed by atoms with Gasteiger partial charge >= 0.3 is 17.1 Å². The van der Waals surface area contributed by atoms with Crippen molar-refractivity contribution in [3.8, 4) is 0 Å². The van der Waals surface area contributed by atoms with Crippen LogP contribution >= 0.6 is 13.5 Å². The van der Waals surface area contributed by atoms with Crippen LogP contribution in [0.4, 0.5) is 4.79 Å². The van der Waals surface area contributed by atoms with Gasteiger partial charge in [-0.25, -0.2) is 0 Å². The maximum Gasteiger partial charge on any atom is 2.00 e. The first-order valence-corrected chi connectivity index (χ1v) is 0.612. The van der Waals surface area contributed by atoms with Crippen LogP contribution in [-0.4, -0.2) is 6.16 Å². The van der Waals surface area contributed by atoms with Gasteiger partial charge in [-0.2, -0.15) is 13.5 Å². The Bertz CT molecular complexity index is 33.8. The zero-order valence-corrected chi connectivity index (χ0v) is 4.68. The molecule has 0 rings (SSSR count). The van der Waals surface area contributed by atoms with Crippen LogP contribution in [0.25, 0.3) is 0 Å². The molecular weight excluding hydrogens is 148 g/mol. The van der Waals surface area contributed by atoms with Gasteiger partial charge in [-0.1, -0.05) is 0 Å². The summed E-state index contributed by atoms with van der Waals surface area (Å²) in [7, 11) is 0. The van der Waals surface area contributed by atoms with Crippen LogP contribution in [0.15, 0.2) is 0 Å². The van der Waals surface area contributed by atoms with Gasteiger partial charge in [-0.3, -0.25) is 0 Å². The van der Waals surface area contributed by atoms with E-state index in [2.05, 4.69) is 0 Å². The molecule has 0 unspecified atom stereocenters. The van der Waals surface area contributed by atoms with Gasteiger partial charge in [0.2, 0.25) is 0 Å². The van der Waals surface area contributed by atoms with Crippen molar-refractivity contribution in [2.75, 3.05) is 0 Å². The molecule has 0 aliphatic rings. The molecule has 0 N–H and O–H groups in total. The summed E-state index contributed by atoms with van der Waals surface area (Å²) < 4.78 is 0. The van der Waals surface area contributed by atoms with Crippen molar-refractivity contribution in [1.82, 2.24) is 0 Å². The molecule has 0 atom stereocenters. The van der Waals surface area contributed by atoms with Crippen molar-refractivity contribution in [2.45, 2.75) is 0 Å². The molecule has 3 nitrogen and oxygen atoms in total. The minimum Gasteiger partial charge on any atom is -0.652 e. The molecule has 0 aromatic carbocycles. The average molecular weight is 150 g/mol. The van der Waals surface area contributed by atoms with Crippen molar-refractivity contribution in [1.29, 1.82) is 0 Å². The van der Waals surface area contributed by atoms with E-state index >= 15 is 0 Å². The number of hydrogen-bond donors (Lipinski definition) is 0. The van der Waals surface area contributed by atoms with Gasteiger partial charge in [0.25, 0.3) is 0 Å². The normalized spacial score (nSPS) is 4.00. The summed E-state index contributed by atoms with van der Waals surface area (Å²) in [6.45, 7) is 0. The van der Waals surface area contributed by atoms with Gasteiger partial charge in [0.05, 0.1) is 0 Å². The standard InChI is InChI=1S/CH2O3.Fe.H2S/c2-1(3)4;;/h(H2,2,3,4);;1H2/q;+2;/p-2. The Morgan fingerprint density at radius 1 is 1.33 bits per heavy atom. The number of carboxylic acid groups (broad SMARTS) is 2. The Morgan fingerprint density at radius 2 is 1.33 bits per heavy atom. The van der Waals surface area contributed by atoms with E-state index < -0.39 is 6.16 Å². The monoisotopic (exact) mass is 150 g/mol. The Labute approximate surface area is 52.3 Å². The van der Waals surface area contributed by atoms with Crippen LogP contribution in [0.3, 0.4) is 0 Å². The molecule has 0 saturated carbocycles. The second-order valence-electron chi connectivity index (χ2n) is 0.250. The van der Waals surface area contributed by atoms with Crippen LogP contribution in [0.1, 0.15) is 0 Å². The first kappa shape index (κ1) is 16.5. The third kappa shape index (κ3) is 2100. The first-order chi connectivity index (χ1) is 1.73. The van der Waals surface area contributed by atoms with Gasteiger partial charge in [0.1, 0.15) is 0 Å². The summed E-state index contributed by atoms with van der Waals surface area (Å²) in [5, 5.41) is 16.7. The minimum atomic E-state index is -2.33. The summed E-state index contributed by atoms with van der Waals surface area (Å²) in [4.78, 5) is 8.33. The maximum absolute atomic E-state index is 8.33. The number of rotatable bonds is 0. The topological polar surface area (TPSA) is 63.2 Å². The molecule has 0 amide bonds. The fraction of sp³-hybridized carbons (Fsp3) is 0. The van der Waals surface area contributed by atoms with Crippen LogP contribution in [-0.2, 0) is 17.1 Å². The molecule has 6 heavy (non-hydrogen) atoms. The Hall–Kier alpha value is 0.139. The second-order valence-corrected chi connectivity index (χ2v) is 0.250. The Morgan fingerprint density at radius 3 is 1.33 bits per heavy atom. The summed E-state index contributed by atoms with van der Waals surface area (Å²) in [6.07, 6.45) is -2.33. The van der Waals surface area contributed by atoms with E-state index in [-0.39, 0.29) is 30.6 Å². The van der Waals surface area contributed by atoms with Crippen LogP contribution in [0.2, 0.25) is 0 Å². The Kier molecular flexibility index (Phi) is 24.5. The zero-order chi connectivity index (χ0) is 3.58. The van der Waals surface area contributed by atoms with E-state index in [1.807, 2.05) is 0 Å². The molecule has 0 spiro atoms. The van der Waals surface area contributed by atoms with Crippen LogP contribution in [0.5, 0.6) is 0 Å². The molecule has 0 aromatic rings. The van der Waals surface area contributed by atoms with Crippen LogP contribution in [0, 0.1) is 0 Å². The fourth-order valence-corrected chi connectivity index (χ4v) is 0. The number of carbonyl (C=O) groups is 1. The zero-order valence-electron chi connectivity index (χ0n) is 2.58. The van der Waals surface area contributed by atoms with Crippen LogP contribution < -0.4 is 10.2 Å². The molecule has 0 fully saturated rings. The van der Waals surface area contributed by atoms with Gasteiger partial charge in [0, 0.05) is 0 Å². The van der Waals surface area contributed by atoms with Crippen molar-refractivity contribution < 1.29 is 32.1 Å². The smallest absolute Gasteiger partial charge is 0.652 e. The third-order valence-electron chi connectivity index (χ3n) is 0. The van der Waals surface area contributed by atoms with Crippen molar-refractivity contribution in [3.05, 3.63) is 0 Å². The molecule has 0 aliphatic heterocycles. The van der Waals surface area contributed by atoms with Gasteiger partial charge in [-0.15, -0.1) is 0 Å². The van der Waals surface area contributed by atoms with E-state index in [1.54, 1.807) is 0 Å².